The molecule has 176 valence electrons. The van der Waals surface area contributed by atoms with Crippen LogP contribution in [0.1, 0.15) is 18.9 Å². The molecule has 1 aromatic carbocycles. The van der Waals surface area contributed by atoms with Gasteiger partial charge in [-0.05, 0) is 24.6 Å². The number of nitrogens with two attached hydrogens (primary N) is 1. The second-order valence-corrected chi connectivity index (χ2v) is 7.33. The number of thiol groups is 1. The summed E-state index contributed by atoms with van der Waals surface area (Å²) in [5.41, 5.74) is 5.95. The molecule has 8 N–H and O–H groups in total. The molecule has 0 fully saturated rings. The lowest BCUT2D eigenvalue weighted by atomic mass is 10.0. The Hall–Kier alpha value is -3.32. The van der Waals surface area contributed by atoms with Crippen LogP contribution in [0.2, 0.25) is 0 Å². The molecule has 4 unspecified atom stereocenters. The number of carboxylic acid groups (broad SMARTS) is 2. The number of phenolic OH excluding ortho intramolecular Hbond substituents is 1. The molecule has 0 spiro atoms. The maximum absolute atomic E-state index is 12.7. The molecule has 0 aliphatic rings. The van der Waals surface area contributed by atoms with E-state index in [2.05, 4.69) is 28.6 Å². The molecule has 13 heteroatoms. The second kappa shape index (κ2) is 12.5. The van der Waals surface area contributed by atoms with Crippen LogP contribution in [0.15, 0.2) is 24.3 Å². The van der Waals surface area contributed by atoms with Gasteiger partial charge in [-0.15, -0.1) is 0 Å². The Morgan fingerprint density at radius 2 is 1.41 bits per heavy atom. The second-order valence-electron chi connectivity index (χ2n) is 6.96. The van der Waals surface area contributed by atoms with Gasteiger partial charge in [-0.2, -0.15) is 12.6 Å². The van der Waals surface area contributed by atoms with E-state index in [1.54, 1.807) is 0 Å². The van der Waals surface area contributed by atoms with Gasteiger partial charge in [0.15, 0.2) is 0 Å². The van der Waals surface area contributed by atoms with Crippen LogP contribution in [0.4, 0.5) is 0 Å². The van der Waals surface area contributed by atoms with Crippen molar-refractivity contribution in [3.8, 4) is 5.75 Å². The van der Waals surface area contributed by atoms with Gasteiger partial charge in [-0.1, -0.05) is 12.1 Å². The van der Waals surface area contributed by atoms with Crippen LogP contribution in [0.3, 0.4) is 0 Å². The van der Waals surface area contributed by atoms with Gasteiger partial charge in [-0.25, -0.2) is 4.79 Å². The summed E-state index contributed by atoms with van der Waals surface area (Å²) in [5, 5.41) is 34.4. The maximum Gasteiger partial charge on any atom is 0.327 e. The predicted octanol–water partition coefficient (Wildman–Crippen LogP) is -1.77. The molecule has 0 aliphatic carbocycles. The van der Waals surface area contributed by atoms with Gasteiger partial charge in [0.05, 0.1) is 12.5 Å². The first-order valence-corrected chi connectivity index (χ1v) is 10.1. The molecule has 32 heavy (non-hydrogen) atoms. The molecular weight excluding hydrogens is 444 g/mol. The van der Waals surface area contributed by atoms with Gasteiger partial charge >= 0.3 is 11.9 Å². The number of amides is 3. The number of aromatic hydroxyl groups is 1. The largest absolute Gasteiger partial charge is 0.508 e. The number of carbonyl (C=O) groups is 5. The summed E-state index contributed by atoms with van der Waals surface area (Å²) < 4.78 is 0. The van der Waals surface area contributed by atoms with Crippen molar-refractivity contribution in [1.29, 1.82) is 0 Å². The van der Waals surface area contributed by atoms with Crippen LogP contribution in [-0.2, 0) is 30.4 Å². The minimum absolute atomic E-state index is 0.0278. The van der Waals surface area contributed by atoms with Gasteiger partial charge in [0.25, 0.3) is 0 Å². The number of nitrogens with one attached hydrogen (secondary N) is 3. The van der Waals surface area contributed by atoms with Gasteiger partial charge in [0.1, 0.15) is 23.9 Å². The molecule has 4 atom stereocenters. The lowest BCUT2D eigenvalue weighted by molar-refractivity contribution is -0.142. The number of hydrogen-bond donors (Lipinski definition) is 8. The van der Waals surface area contributed by atoms with Crippen molar-refractivity contribution in [2.45, 2.75) is 43.9 Å². The fourth-order valence-corrected chi connectivity index (χ4v) is 2.74. The minimum Gasteiger partial charge on any atom is -0.508 e. The van der Waals surface area contributed by atoms with Gasteiger partial charge in [0, 0.05) is 12.2 Å². The van der Waals surface area contributed by atoms with E-state index in [1.165, 1.54) is 31.2 Å². The zero-order valence-corrected chi connectivity index (χ0v) is 18.0. The smallest absolute Gasteiger partial charge is 0.327 e. The third-order valence-corrected chi connectivity index (χ3v) is 4.60. The molecule has 0 heterocycles. The van der Waals surface area contributed by atoms with Crippen molar-refractivity contribution in [1.82, 2.24) is 16.0 Å². The molecule has 0 saturated carbocycles. The Bertz CT molecular complexity index is 846. The van der Waals surface area contributed by atoms with Crippen LogP contribution < -0.4 is 21.7 Å². The zero-order chi connectivity index (χ0) is 24.4. The molecule has 1 rings (SSSR count). The summed E-state index contributed by atoms with van der Waals surface area (Å²) in [6.07, 6.45) is -0.885. The number of benzene rings is 1. The molecular formula is C19H26N4O8S. The van der Waals surface area contributed by atoms with Crippen LogP contribution in [0, 0.1) is 0 Å². The van der Waals surface area contributed by atoms with Crippen molar-refractivity contribution in [2.24, 2.45) is 5.73 Å². The quantitative estimate of drug-likeness (QED) is 0.162. The van der Waals surface area contributed by atoms with Crippen LogP contribution in [-0.4, -0.2) is 74.9 Å². The highest BCUT2D eigenvalue weighted by atomic mass is 32.1. The summed E-state index contributed by atoms with van der Waals surface area (Å²) in [6, 6.07) is 0.494. The van der Waals surface area contributed by atoms with Crippen LogP contribution >= 0.6 is 12.6 Å². The normalized spacial score (nSPS) is 14.3. The minimum atomic E-state index is -1.53. The zero-order valence-electron chi connectivity index (χ0n) is 17.1. The van der Waals surface area contributed by atoms with Gasteiger partial charge < -0.3 is 37.0 Å². The van der Waals surface area contributed by atoms with E-state index in [0.29, 0.717) is 5.56 Å². The Labute approximate surface area is 189 Å². The van der Waals surface area contributed by atoms with Crippen LogP contribution in [0.25, 0.3) is 0 Å². The third-order valence-electron chi connectivity index (χ3n) is 4.23. The highest BCUT2D eigenvalue weighted by Crippen LogP contribution is 2.12. The molecule has 12 nitrogen and oxygen atoms in total. The predicted molar refractivity (Wildman–Crippen MR) is 115 cm³/mol. The van der Waals surface area contributed by atoms with Crippen molar-refractivity contribution >= 4 is 42.3 Å². The Kier molecular flexibility index (Phi) is 10.4. The molecule has 0 saturated heterocycles. The number of rotatable bonds is 12. The van der Waals surface area contributed by atoms with E-state index in [-0.39, 0.29) is 17.9 Å². The highest BCUT2D eigenvalue weighted by molar-refractivity contribution is 7.80. The first-order valence-electron chi connectivity index (χ1n) is 9.44. The van der Waals surface area contributed by atoms with Crippen molar-refractivity contribution in [3.63, 3.8) is 0 Å². The van der Waals surface area contributed by atoms with E-state index in [9.17, 15) is 29.1 Å². The van der Waals surface area contributed by atoms with Gasteiger partial charge in [-0.3, -0.25) is 19.2 Å². The number of phenols is 1. The number of hydrogen-bond acceptors (Lipinski definition) is 8. The number of aliphatic carboxylic acids is 2. The number of carboxylic acids is 2. The SMILES string of the molecule is CC(N)C(=O)NC(CC(=O)O)C(=O)NC(Cc1ccc(O)cc1)C(=O)NC(CS)C(=O)O. The molecule has 0 aliphatic heterocycles. The maximum atomic E-state index is 12.7. The standard InChI is InChI=1S/C19H26N4O8S/c1-9(20)16(27)21-13(7-15(25)26)18(29)22-12(6-10-2-4-11(24)5-3-10)17(28)23-14(8-32)19(30)31/h2-5,9,12-14,24,32H,6-8,20H2,1H3,(H,21,27)(H,22,29)(H,23,28)(H,25,26)(H,30,31). The molecule has 1 aromatic rings. The summed E-state index contributed by atoms with van der Waals surface area (Å²) in [5.74, 6) is -5.57. The average molecular weight is 471 g/mol. The molecule has 3 amide bonds. The van der Waals surface area contributed by atoms with E-state index in [4.69, 9.17) is 15.9 Å². The van der Waals surface area contributed by atoms with E-state index < -0.39 is 60.2 Å². The van der Waals surface area contributed by atoms with Crippen molar-refractivity contribution < 1.29 is 39.3 Å². The molecule has 0 bridgehead atoms. The number of carbonyl (C=O) groups excluding carboxylic acids is 3. The van der Waals surface area contributed by atoms with Gasteiger partial charge in [0.2, 0.25) is 17.7 Å². The first-order chi connectivity index (χ1) is 14.9. The Morgan fingerprint density at radius 3 is 1.88 bits per heavy atom. The summed E-state index contributed by atoms with van der Waals surface area (Å²) in [7, 11) is 0. The average Bonchev–Trinajstić information content (AvgIpc) is 2.71. The topological polar surface area (TPSA) is 208 Å². The Balaban J connectivity index is 3.11. The van der Waals surface area contributed by atoms with E-state index in [1.807, 2.05) is 0 Å². The third kappa shape index (κ3) is 8.81. The summed E-state index contributed by atoms with van der Waals surface area (Å²) >= 11 is 3.87. The Morgan fingerprint density at radius 1 is 0.906 bits per heavy atom. The van der Waals surface area contributed by atoms with Crippen molar-refractivity contribution in [2.75, 3.05) is 5.75 Å². The summed E-state index contributed by atoms with van der Waals surface area (Å²) in [4.78, 5) is 59.6. The summed E-state index contributed by atoms with van der Waals surface area (Å²) in [6.45, 7) is 1.34. The monoisotopic (exact) mass is 470 g/mol. The fraction of sp³-hybridized carbons (Fsp3) is 0.421. The molecule has 0 radical (unpaired) electrons. The highest BCUT2D eigenvalue weighted by Gasteiger charge is 2.31. The first kappa shape index (κ1) is 26.7. The lowest BCUT2D eigenvalue weighted by Gasteiger charge is -2.24. The van der Waals surface area contributed by atoms with Crippen LogP contribution in [0.5, 0.6) is 5.75 Å². The molecule has 0 aromatic heterocycles. The van der Waals surface area contributed by atoms with Crippen molar-refractivity contribution in [3.05, 3.63) is 29.8 Å². The lowest BCUT2D eigenvalue weighted by Crippen LogP contribution is -2.58. The fourth-order valence-electron chi connectivity index (χ4n) is 2.49. The van der Waals surface area contributed by atoms with E-state index >= 15 is 0 Å². The van der Waals surface area contributed by atoms with E-state index in [0.717, 1.165) is 0 Å².